The van der Waals surface area contributed by atoms with Gasteiger partial charge in [0, 0.05) is 6.42 Å². The van der Waals surface area contributed by atoms with Crippen LogP contribution < -0.4 is 0 Å². The summed E-state index contributed by atoms with van der Waals surface area (Å²) < 4.78 is 25.2. The van der Waals surface area contributed by atoms with E-state index in [2.05, 4.69) is 10.2 Å². The molecule has 0 aromatic carbocycles. The molecule has 0 aliphatic carbocycles. The van der Waals surface area contributed by atoms with Crippen molar-refractivity contribution in [3.8, 4) is 5.75 Å². The zero-order chi connectivity index (χ0) is 12.8. The van der Waals surface area contributed by atoms with Gasteiger partial charge in [-0.2, -0.15) is 0 Å². The van der Waals surface area contributed by atoms with Crippen molar-refractivity contribution in [1.82, 2.24) is 14.6 Å². The van der Waals surface area contributed by atoms with E-state index in [0.29, 0.717) is 24.3 Å². The van der Waals surface area contributed by atoms with Crippen LogP contribution in [0.5, 0.6) is 5.75 Å². The molecule has 0 amide bonds. The minimum atomic E-state index is -2.99. The van der Waals surface area contributed by atoms with Crippen LogP contribution >= 0.6 is 0 Å². The molecule has 0 bridgehead atoms. The largest absolute Gasteiger partial charge is 0.506 e. The number of hydrogen-bond donors (Lipinski definition) is 1. The summed E-state index contributed by atoms with van der Waals surface area (Å²) in [6, 6.07) is 3.18. The highest BCUT2D eigenvalue weighted by atomic mass is 32.2. The van der Waals surface area contributed by atoms with Gasteiger partial charge in [0.05, 0.1) is 17.2 Å². The van der Waals surface area contributed by atoms with Crippen LogP contribution in [0.4, 0.5) is 0 Å². The van der Waals surface area contributed by atoms with E-state index in [9.17, 15) is 13.5 Å². The average molecular weight is 267 g/mol. The number of sulfone groups is 1. The maximum Gasteiger partial charge on any atom is 0.161 e. The van der Waals surface area contributed by atoms with Crippen molar-refractivity contribution in [2.24, 2.45) is 0 Å². The lowest BCUT2D eigenvalue weighted by molar-refractivity contribution is 0.471. The molecule has 0 radical (unpaired) electrons. The highest BCUT2D eigenvalue weighted by Crippen LogP contribution is 2.23. The quantitative estimate of drug-likeness (QED) is 0.859. The number of pyridine rings is 1. The second-order valence-corrected chi connectivity index (χ2v) is 6.97. The molecule has 7 heteroatoms. The van der Waals surface area contributed by atoms with E-state index < -0.39 is 9.84 Å². The van der Waals surface area contributed by atoms with Crippen molar-refractivity contribution < 1.29 is 13.5 Å². The van der Waals surface area contributed by atoms with Crippen LogP contribution in [-0.2, 0) is 16.3 Å². The molecular weight excluding hydrogens is 254 g/mol. The molecule has 1 aliphatic heterocycles. The lowest BCUT2D eigenvalue weighted by atomic mass is 10.2. The molecule has 3 rings (SSSR count). The Bertz CT molecular complexity index is 693. The molecule has 1 saturated heterocycles. The Hall–Kier alpha value is -1.63. The Labute approximate surface area is 104 Å². The summed E-state index contributed by atoms with van der Waals surface area (Å²) in [5.74, 6) is 0.953. The van der Waals surface area contributed by atoms with Crippen LogP contribution in [0.25, 0.3) is 5.65 Å². The molecule has 1 N–H and O–H groups in total. The molecule has 18 heavy (non-hydrogen) atoms. The monoisotopic (exact) mass is 267 g/mol. The van der Waals surface area contributed by atoms with Crippen molar-refractivity contribution in [1.29, 1.82) is 0 Å². The zero-order valence-corrected chi connectivity index (χ0v) is 10.5. The summed E-state index contributed by atoms with van der Waals surface area (Å²) in [5, 5.41) is 17.0. The van der Waals surface area contributed by atoms with Gasteiger partial charge >= 0.3 is 0 Å². The first-order chi connectivity index (χ1) is 8.56. The molecular formula is C11H13N3O3S. The number of nitrogens with zero attached hydrogens (tertiary/aromatic N) is 3. The molecule has 1 aliphatic rings. The van der Waals surface area contributed by atoms with Gasteiger partial charge in [-0.1, -0.05) is 0 Å². The lowest BCUT2D eigenvalue weighted by Gasteiger charge is -2.07. The van der Waals surface area contributed by atoms with Gasteiger partial charge in [-0.05, 0) is 25.0 Å². The van der Waals surface area contributed by atoms with Crippen LogP contribution in [0.1, 0.15) is 18.7 Å². The summed E-state index contributed by atoms with van der Waals surface area (Å²) in [7, 11) is -2.99. The van der Waals surface area contributed by atoms with E-state index in [1.54, 1.807) is 10.5 Å². The van der Waals surface area contributed by atoms with E-state index in [0.717, 1.165) is 6.42 Å². The second-order valence-electron chi connectivity index (χ2n) is 4.57. The number of rotatable bonds is 2. The van der Waals surface area contributed by atoms with Crippen LogP contribution in [-0.4, -0.2) is 39.1 Å². The molecule has 1 unspecified atom stereocenters. The molecule has 1 atom stereocenters. The molecule has 1 fully saturated rings. The first-order valence-electron chi connectivity index (χ1n) is 5.80. The third-order valence-electron chi connectivity index (χ3n) is 3.33. The van der Waals surface area contributed by atoms with Gasteiger partial charge in [0.2, 0.25) is 0 Å². The average Bonchev–Trinajstić information content (AvgIpc) is 2.84. The van der Waals surface area contributed by atoms with Crippen molar-refractivity contribution in [3.05, 3.63) is 24.2 Å². The molecule has 6 nitrogen and oxygen atoms in total. The van der Waals surface area contributed by atoms with Crippen molar-refractivity contribution in [2.45, 2.75) is 24.5 Å². The van der Waals surface area contributed by atoms with Crippen molar-refractivity contribution in [3.63, 3.8) is 0 Å². The Kier molecular flexibility index (Phi) is 2.51. The van der Waals surface area contributed by atoms with Gasteiger partial charge in [-0.15, -0.1) is 10.2 Å². The fraction of sp³-hybridized carbons (Fsp3) is 0.455. The molecule has 3 heterocycles. The Morgan fingerprint density at radius 2 is 2.22 bits per heavy atom. The zero-order valence-electron chi connectivity index (χ0n) is 9.65. The summed E-state index contributed by atoms with van der Waals surface area (Å²) >= 11 is 0. The summed E-state index contributed by atoms with van der Waals surface area (Å²) in [6.07, 6.45) is 3.25. The van der Waals surface area contributed by atoms with Crippen molar-refractivity contribution in [2.75, 3.05) is 5.75 Å². The predicted molar refractivity (Wildman–Crippen MR) is 65.2 cm³/mol. The smallest absolute Gasteiger partial charge is 0.161 e. The molecule has 2 aromatic rings. The number of fused-ring (bicyclic) bond motifs is 1. The number of aromatic hydroxyl groups is 1. The summed E-state index contributed by atoms with van der Waals surface area (Å²) in [6.45, 7) is 0. The van der Waals surface area contributed by atoms with Gasteiger partial charge in [-0.25, -0.2) is 8.42 Å². The van der Waals surface area contributed by atoms with Gasteiger partial charge < -0.3 is 5.11 Å². The first-order valence-corrected chi connectivity index (χ1v) is 7.52. The topological polar surface area (TPSA) is 84.6 Å². The number of hydrogen-bond acceptors (Lipinski definition) is 5. The van der Waals surface area contributed by atoms with E-state index in [1.807, 2.05) is 0 Å². The number of aromatic nitrogens is 3. The normalized spacial score (nSPS) is 22.6. The molecule has 2 aromatic heterocycles. The minimum absolute atomic E-state index is 0.109. The van der Waals surface area contributed by atoms with Crippen LogP contribution in [0.2, 0.25) is 0 Å². The lowest BCUT2D eigenvalue weighted by Crippen LogP contribution is -2.19. The SMILES string of the molecule is O=S1(=O)CCCC1Cc1nnc2ccc(O)cn12. The van der Waals surface area contributed by atoms with E-state index >= 15 is 0 Å². The fourth-order valence-corrected chi connectivity index (χ4v) is 4.19. The highest BCUT2D eigenvalue weighted by Gasteiger charge is 2.32. The summed E-state index contributed by atoms with van der Waals surface area (Å²) in [5.41, 5.74) is 0.609. The van der Waals surface area contributed by atoms with Gasteiger partial charge in [0.1, 0.15) is 11.6 Å². The van der Waals surface area contributed by atoms with Crippen molar-refractivity contribution >= 4 is 15.5 Å². The second kappa shape index (κ2) is 3.94. The Balaban J connectivity index is 1.98. The van der Waals surface area contributed by atoms with E-state index in [4.69, 9.17) is 0 Å². The third kappa shape index (κ3) is 1.84. The van der Waals surface area contributed by atoms with Crippen LogP contribution in [0, 0.1) is 0 Å². The Morgan fingerprint density at radius 1 is 1.39 bits per heavy atom. The van der Waals surface area contributed by atoms with E-state index in [-0.39, 0.29) is 16.8 Å². The molecule has 0 spiro atoms. The van der Waals surface area contributed by atoms with Crippen LogP contribution in [0.3, 0.4) is 0 Å². The molecule has 96 valence electrons. The predicted octanol–water partition coefficient (Wildman–Crippen LogP) is 0.555. The minimum Gasteiger partial charge on any atom is -0.506 e. The highest BCUT2D eigenvalue weighted by molar-refractivity contribution is 7.92. The Morgan fingerprint density at radius 3 is 2.94 bits per heavy atom. The fourth-order valence-electron chi connectivity index (χ4n) is 2.36. The molecule has 0 saturated carbocycles. The maximum atomic E-state index is 11.8. The maximum absolute atomic E-state index is 11.8. The van der Waals surface area contributed by atoms with Gasteiger partial charge in [0.25, 0.3) is 0 Å². The third-order valence-corrected chi connectivity index (χ3v) is 5.61. The van der Waals surface area contributed by atoms with E-state index in [1.165, 1.54) is 12.3 Å². The first kappa shape index (κ1) is 11.5. The standard InChI is InChI=1S/C11H13N3O3S/c15-8-3-4-10-12-13-11(14(10)7-8)6-9-2-1-5-18(9,16)17/h3-4,7,9,15H,1-2,5-6H2. The van der Waals surface area contributed by atoms with Gasteiger partial charge in [0.15, 0.2) is 15.5 Å². The van der Waals surface area contributed by atoms with Crippen LogP contribution in [0.15, 0.2) is 18.3 Å². The van der Waals surface area contributed by atoms with Gasteiger partial charge in [-0.3, -0.25) is 4.40 Å². The summed E-state index contributed by atoms with van der Waals surface area (Å²) in [4.78, 5) is 0.